The standard InChI is InChI=1S/2C10H8N2O2.Mg.7H2O/c2*11-9-7(10(13)14)5-6-3-1-2-4-8(6)12-9;;;;;;;;/h2*1-5H,(H2,11,12)(H,13,14);;7*1H2/q;;+2;;;;;;;/p-2. The zero-order chi connectivity index (χ0) is 20.3. The number of carbonyl (C=O) groups excluding carboxylic acids is 2. The quantitative estimate of drug-likeness (QED) is 0.237. The van der Waals surface area contributed by atoms with Crippen LogP contribution in [0.5, 0.6) is 0 Å². The third-order valence-corrected chi connectivity index (χ3v) is 3.95. The summed E-state index contributed by atoms with van der Waals surface area (Å²) in [7, 11) is 0. The van der Waals surface area contributed by atoms with Gasteiger partial charge >= 0.3 is 23.1 Å². The molecule has 0 saturated heterocycles. The third-order valence-electron chi connectivity index (χ3n) is 3.95. The SMILES string of the molecule is Nc1nc2ccccc2cc1C(=O)[O-].Nc1nc2ccccc2cc1C(=O)[O-].O.O.O.O.O.O.O.[Mg+2]. The Bertz CT molecular complexity index is 1130. The number of nitrogens with two attached hydrogens (primary N) is 2. The zero-order valence-electron chi connectivity index (χ0n) is 18.7. The Balaban J connectivity index is -0.000000102. The van der Waals surface area contributed by atoms with Gasteiger partial charge in [0.25, 0.3) is 0 Å². The molecule has 0 fully saturated rings. The summed E-state index contributed by atoms with van der Waals surface area (Å²) in [6, 6.07) is 17.2. The summed E-state index contributed by atoms with van der Waals surface area (Å²) in [4.78, 5) is 29.2. The molecule has 36 heavy (non-hydrogen) atoms. The fourth-order valence-corrected chi connectivity index (χ4v) is 2.59. The summed E-state index contributed by atoms with van der Waals surface area (Å²) in [5.74, 6) is -2.63. The van der Waals surface area contributed by atoms with Crippen LogP contribution in [0.15, 0.2) is 60.7 Å². The smallest absolute Gasteiger partial charge is 0.545 e. The Morgan fingerprint density at radius 2 is 0.861 bits per heavy atom. The van der Waals surface area contributed by atoms with Gasteiger partial charge in [-0.15, -0.1) is 0 Å². The minimum atomic E-state index is -1.30. The van der Waals surface area contributed by atoms with Gasteiger partial charge in [-0.05, 0) is 24.3 Å². The first kappa shape index (κ1) is 45.7. The van der Waals surface area contributed by atoms with Gasteiger partial charge in [-0.25, -0.2) is 9.97 Å². The van der Waals surface area contributed by atoms with Crippen molar-refractivity contribution < 1.29 is 58.1 Å². The van der Waals surface area contributed by atoms with Crippen LogP contribution in [0.3, 0.4) is 0 Å². The maximum absolute atomic E-state index is 10.6. The van der Waals surface area contributed by atoms with Gasteiger partial charge in [-0.3, -0.25) is 0 Å². The van der Waals surface area contributed by atoms with E-state index in [0.717, 1.165) is 10.8 Å². The first-order valence-corrected chi connectivity index (χ1v) is 8.10. The van der Waals surface area contributed by atoms with Crippen LogP contribution in [0.1, 0.15) is 20.7 Å². The molecule has 18 N–H and O–H groups in total. The summed E-state index contributed by atoms with van der Waals surface area (Å²) in [6.45, 7) is 0. The third kappa shape index (κ3) is 10.3. The van der Waals surface area contributed by atoms with Crippen LogP contribution < -0.4 is 21.7 Å². The van der Waals surface area contributed by atoms with Crippen molar-refractivity contribution >= 4 is 68.4 Å². The Hall–Kier alpha value is -3.71. The molecule has 0 aliphatic heterocycles. The second kappa shape index (κ2) is 19.6. The number of pyridine rings is 2. The van der Waals surface area contributed by atoms with Crippen molar-refractivity contribution in [3.8, 4) is 0 Å². The Morgan fingerprint density at radius 3 is 1.14 bits per heavy atom. The van der Waals surface area contributed by atoms with Gasteiger partial charge in [0, 0.05) is 21.9 Å². The van der Waals surface area contributed by atoms with Crippen LogP contribution in [0.4, 0.5) is 11.6 Å². The molecule has 196 valence electrons. The van der Waals surface area contributed by atoms with E-state index in [-0.39, 0.29) is 84.1 Å². The fourth-order valence-electron chi connectivity index (χ4n) is 2.59. The van der Waals surface area contributed by atoms with Crippen molar-refractivity contribution in [2.75, 3.05) is 11.5 Å². The number of carbonyl (C=O) groups is 2. The number of anilines is 2. The van der Waals surface area contributed by atoms with E-state index in [4.69, 9.17) is 11.5 Å². The molecular weight excluding hydrogens is 497 g/mol. The number of fused-ring (bicyclic) bond motifs is 2. The van der Waals surface area contributed by atoms with Crippen LogP contribution >= 0.6 is 0 Å². The van der Waals surface area contributed by atoms with E-state index < -0.39 is 11.9 Å². The second-order valence-corrected chi connectivity index (χ2v) is 5.80. The number of hydrogen-bond donors (Lipinski definition) is 2. The maximum Gasteiger partial charge on any atom is 2.00 e. The van der Waals surface area contributed by atoms with Crippen molar-refractivity contribution in [3.05, 3.63) is 71.8 Å². The van der Waals surface area contributed by atoms with Crippen molar-refractivity contribution in [1.29, 1.82) is 0 Å². The summed E-state index contributed by atoms with van der Waals surface area (Å²) in [6.07, 6.45) is 0. The molecule has 0 amide bonds. The average Bonchev–Trinajstić information content (AvgIpc) is 2.67. The van der Waals surface area contributed by atoms with Crippen molar-refractivity contribution in [2.24, 2.45) is 0 Å². The van der Waals surface area contributed by atoms with Crippen LogP contribution in [0.25, 0.3) is 21.8 Å². The van der Waals surface area contributed by atoms with Crippen LogP contribution in [-0.4, -0.2) is 83.3 Å². The Labute approximate surface area is 219 Å². The molecule has 2 aromatic carbocycles. The molecule has 0 aliphatic rings. The number of rotatable bonds is 2. The minimum absolute atomic E-state index is 0. The fraction of sp³-hybridized carbons (Fsp3) is 0. The topological polar surface area (TPSA) is 379 Å². The number of carboxylic acid groups (broad SMARTS) is 2. The molecule has 2 aromatic heterocycles. The molecule has 4 aromatic rings. The monoisotopic (exact) mass is 524 g/mol. The molecule has 0 atom stereocenters. The molecule has 0 aliphatic carbocycles. The molecule has 4 rings (SSSR count). The first-order valence-electron chi connectivity index (χ1n) is 8.10. The van der Waals surface area contributed by atoms with Crippen LogP contribution in [-0.2, 0) is 0 Å². The number of carboxylic acids is 2. The predicted molar refractivity (Wildman–Crippen MR) is 132 cm³/mol. The van der Waals surface area contributed by atoms with Crippen molar-refractivity contribution in [2.45, 2.75) is 0 Å². The van der Waals surface area contributed by atoms with Crippen LogP contribution in [0.2, 0.25) is 0 Å². The zero-order valence-corrected chi connectivity index (χ0v) is 20.1. The number of nitrogens with zero attached hydrogens (tertiary/aromatic N) is 2. The van der Waals surface area contributed by atoms with E-state index in [1.54, 1.807) is 36.4 Å². The molecule has 0 radical (unpaired) electrons. The summed E-state index contributed by atoms with van der Waals surface area (Å²) in [5, 5.41) is 22.7. The minimum Gasteiger partial charge on any atom is -0.545 e. The summed E-state index contributed by atoms with van der Waals surface area (Å²) >= 11 is 0. The number of benzene rings is 2. The largest absolute Gasteiger partial charge is 2.00 e. The number of nitrogen functional groups attached to an aromatic ring is 2. The van der Waals surface area contributed by atoms with Crippen LogP contribution in [0, 0.1) is 0 Å². The molecule has 0 unspecified atom stereocenters. The van der Waals surface area contributed by atoms with Gasteiger partial charge in [-0.1, -0.05) is 36.4 Å². The van der Waals surface area contributed by atoms with E-state index in [1.165, 1.54) is 12.1 Å². The van der Waals surface area contributed by atoms with Gasteiger partial charge in [0.1, 0.15) is 11.6 Å². The average molecular weight is 525 g/mol. The predicted octanol–water partition coefficient (Wildman–Crippen LogP) is -5.79. The number of aromatic carboxylic acids is 2. The molecule has 0 saturated carbocycles. The van der Waals surface area contributed by atoms with E-state index in [1.807, 2.05) is 12.1 Å². The van der Waals surface area contributed by atoms with E-state index in [9.17, 15) is 19.8 Å². The van der Waals surface area contributed by atoms with E-state index in [2.05, 4.69) is 9.97 Å². The van der Waals surface area contributed by atoms with E-state index >= 15 is 0 Å². The van der Waals surface area contributed by atoms with Gasteiger partial charge < -0.3 is 69.6 Å². The summed E-state index contributed by atoms with van der Waals surface area (Å²) < 4.78 is 0. The number of para-hydroxylation sites is 2. The van der Waals surface area contributed by atoms with Gasteiger partial charge in [0.15, 0.2) is 0 Å². The second-order valence-electron chi connectivity index (χ2n) is 5.80. The molecule has 15 nitrogen and oxygen atoms in total. The normalized spacial score (nSPS) is 8.00. The Kier molecular flexibility index (Phi) is 24.9. The van der Waals surface area contributed by atoms with Crippen molar-refractivity contribution in [3.63, 3.8) is 0 Å². The maximum atomic E-state index is 10.6. The molecule has 2 heterocycles. The van der Waals surface area contributed by atoms with E-state index in [0.29, 0.717) is 11.0 Å². The van der Waals surface area contributed by atoms with Gasteiger partial charge in [-0.2, -0.15) is 0 Å². The van der Waals surface area contributed by atoms with Gasteiger partial charge in [0.2, 0.25) is 0 Å². The first-order chi connectivity index (χ1) is 13.4. The summed E-state index contributed by atoms with van der Waals surface area (Å²) in [5.41, 5.74) is 12.1. The number of hydrogen-bond acceptors (Lipinski definition) is 8. The number of aromatic nitrogens is 2. The van der Waals surface area contributed by atoms with Gasteiger partial charge in [0.05, 0.1) is 23.0 Å². The Morgan fingerprint density at radius 1 is 0.583 bits per heavy atom. The van der Waals surface area contributed by atoms with Crippen molar-refractivity contribution in [1.82, 2.24) is 9.97 Å². The molecular formula is C20H28MgN4O11. The molecule has 0 spiro atoms. The molecule has 0 bridgehead atoms. The molecule has 16 heteroatoms.